The summed E-state index contributed by atoms with van der Waals surface area (Å²) in [5.41, 5.74) is 8.63. The molecule has 4 nitrogen and oxygen atoms in total. The monoisotopic (exact) mass is 499 g/mol. The molecule has 4 heteroatoms. The first-order chi connectivity index (χ1) is 19.3. The lowest BCUT2D eigenvalue weighted by atomic mass is 10.00. The van der Waals surface area contributed by atoms with Gasteiger partial charge in [0.25, 0.3) is 0 Å². The van der Waals surface area contributed by atoms with Crippen molar-refractivity contribution in [3.05, 3.63) is 128 Å². The highest BCUT2D eigenvalue weighted by Gasteiger charge is 2.15. The zero-order chi connectivity index (χ0) is 25.8. The van der Waals surface area contributed by atoms with Crippen LogP contribution < -0.4 is 0 Å². The van der Waals surface area contributed by atoms with Crippen molar-refractivity contribution in [2.75, 3.05) is 0 Å². The van der Waals surface area contributed by atoms with Gasteiger partial charge < -0.3 is 4.42 Å². The standard InChI is InChI=1S/C35H21N3O/c1-3-15-30-28(13-1)34(29-14-6-8-22-11-7-19-36-33(22)29)38-35(37-30)25-10-5-9-23(20-25)24-17-18-27-26-12-2-4-16-31(26)39-32(27)21-24/h1-21H. The Balaban J connectivity index is 1.29. The Bertz CT molecular complexity index is 2190. The maximum atomic E-state index is 6.15. The van der Waals surface area contributed by atoms with E-state index in [9.17, 15) is 0 Å². The second-order valence-corrected chi connectivity index (χ2v) is 9.68. The van der Waals surface area contributed by atoms with Crippen molar-refractivity contribution in [2.24, 2.45) is 0 Å². The van der Waals surface area contributed by atoms with E-state index in [1.165, 1.54) is 0 Å². The van der Waals surface area contributed by atoms with E-state index in [1.807, 2.05) is 48.7 Å². The number of furan rings is 1. The smallest absolute Gasteiger partial charge is 0.160 e. The maximum absolute atomic E-state index is 6.15. The highest BCUT2D eigenvalue weighted by Crippen LogP contribution is 2.35. The Kier molecular flexibility index (Phi) is 4.79. The fraction of sp³-hybridized carbons (Fsp3) is 0. The van der Waals surface area contributed by atoms with Gasteiger partial charge in [-0.15, -0.1) is 0 Å². The molecule has 0 N–H and O–H groups in total. The molecule has 0 fully saturated rings. The van der Waals surface area contributed by atoms with Gasteiger partial charge in [-0.1, -0.05) is 84.9 Å². The Labute approximate surface area is 224 Å². The Hall–Kier alpha value is -5.35. The number of benzene rings is 5. The van der Waals surface area contributed by atoms with Gasteiger partial charge >= 0.3 is 0 Å². The summed E-state index contributed by atoms with van der Waals surface area (Å²) in [6.45, 7) is 0. The largest absolute Gasteiger partial charge is 0.456 e. The molecule has 8 rings (SSSR count). The second-order valence-electron chi connectivity index (χ2n) is 9.68. The van der Waals surface area contributed by atoms with Crippen LogP contribution in [0.2, 0.25) is 0 Å². The quantitative estimate of drug-likeness (QED) is 0.243. The lowest BCUT2D eigenvalue weighted by Gasteiger charge is -2.12. The van der Waals surface area contributed by atoms with Gasteiger partial charge in [-0.3, -0.25) is 4.98 Å². The molecule has 0 amide bonds. The normalized spacial score (nSPS) is 11.6. The van der Waals surface area contributed by atoms with Crippen molar-refractivity contribution in [3.8, 4) is 33.8 Å². The number of pyridine rings is 1. The van der Waals surface area contributed by atoms with Crippen LogP contribution in [0.4, 0.5) is 0 Å². The van der Waals surface area contributed by atoms with E-state index in [-0.39, 0.29) is 0 Å². The summed E-state index contributed by atoms with van der Waals surface area (Å²) in [6.07, 6.45) is 1.83. The molecule has 8 aromatic rings. The summed E-state index contributed by atoms with van der Waals surface area (Å²) >= 11 is 0. The summed E-state index contributed by atoms with van der Waals surface area (Å²) in [4.78, 5) is 14.8. The van der Waals surface area contributed by atoms with Gasteiger partial charge in [0.1, 0.15) is 11.2 Å². The van der Waals surface area contributed by atoms with E-state index < -0.39 is 0 Å². The predicted octanol–water partition coefficient (Wildman–Crippen LogP) is 9.08. The number of para-hydroxylation sites is 3. The number of fused-ring (bicyclic) bond motifs is 5. The molecular formula is C35H21N3O. The van der Waals surface area contributed by atoms with Gasteiger partial charge in [0.2, 0.25) is 0 Å². The molecule has 0 saturated heterocycles. The Morgan fingerprint density at radius 3 is 2.26 bits per heavy atom. The molecule has 3 heterocycles. The lowest BCUT2D eigenvalue weighted by Crippen LogP contribution is -1.96. The number of nitrogens with zero attached hydrogens (tertiary/aromatic N) is 3. The minimum absolute atomic E-state index is 0.684. The van der Waals surface area contributed by atoms with Crippen molar-refractivity contribution in [3.63, 3.8) is 0 Å². The van der Waals surface area contributed by atoms with Gasteiger partial charge in [0.15, 0.2) is 5.82 Å². The number of hydrogen-bond donors (Lipinski definition) is 0. The van der Waals surface area contributed by atoms with Crippen LogP contribution in [0.15, 0.2) is 132 Å². The Morgan fingerprint density at radius 2 is 1.28 bits per heavy atom. The molecule has 182 valence electrons. The molecule has 0 bridgehead atoms. The summed E-state index contributed by atoms with van der Waals surface area (Å²) < 4.78 is 6.15. The molecule has 0 radical (unpaired) electrons. The van der Waals surface area contributed by atoms with Gasteiger partial charge in [0.05, 0.1) is 16.7 Å². The van der Waals surface area contributed by atoms with Gasteiger partial charge in [0, 0.05) is 38.9 Å². The van der Waals surface area contributed by atoms with E-state index in [0.717, 1.165) is 71.7 Å². The van der Waals surface area contributed by atoms with E-state index in [2.05, 4.69) is 78.9 Å². The molecule has 0 saturated carbocycles. The fourth-order valence-corrected chi connectivity index (χ4v) is 5.45. The van der Waals surface area contributed by atoms with E-state index >= 15 is 0 Å². The van der Waals surface area contributed by atoms with Crippen LogP contribution in [0.25, 0.3) is 77.5 Å². The van der Waals surface area contributed by atoms with Crippen LogP contribution in [0.1, 0.15) is 0 Å². The first kappa shape index (κ1) is 21.7. The number of hydrogen-bond acceptors (Lipinski definition) is 4. The lowest BCUT2D eigenvalue weighted by molar-refractivity contribution is 0.669. The van der Waals surface area contributed by atoms with Crippen molar-refractivity contribution >= 4 is 43.7 Å². The molecule has 39 heavy (non-hydrogen) atoms. The first-order valence-corrected chi connectivity index (χ1v) is 12.9. The van der Waals surface area contributed by atoms with Crippen LogP contribution in [-0.2, 0) is 0 Å². The van der Waals surface area contributed by atoms with Crippen LogP contribution >= 0.6 is 0 Å². The van der Waals surface area contributed by atoms with Gasteiger partial charge in [-0.25, -0.2) is 9.97 Å². The van der Waals surface area contributed by atoms with E-state index in [4.69, 9.17) is 19.4 Å². The third kappa shape index (κ3) is 3.57. The molecule has 0 aliphatic carbocycles. The molecule has 5 aromatic carbocycles. The highest BCUT2D eigenvalue weighted by molar-refractivity contribution is 6.06. The van der Waals surface area contributed by atoms with Crippen molar-refractivity contribution in [2.45, 2.75) is 0 Å². The highest BCUT2D eigenvalue weighted by atomic mass is 16.3. The maximum Gasteiger partial charge on any atom is 0.160 e. The minimum atomic E-state index is 0.684. The molecule has 0 unspecified atom stereocenters. The van der Waals surface area contributed by atoms with Crippen LogP contribution in [-0.4, -0.2) is 15.0 Å². The SMILES string of the molecule is c1cc(-c2ccc3c(c2)oc2ccccc23)cc(-c2nc(-c3cccc4cccnc34)c3ccccc3n2)c1. The second kappa shape index (κ2) is 8.61. The summed E-state index contributed by atoms with van der Waals surface area (Å²) in [5.74, 6) is 0.684. The summed E-state index contributed by atoms with van der Waals surface area (Å²) in [7, 11) is 0. The first-order valence-electron chi connectivity index (χ1n) is 12.9. The zero-order valence-electron chi connectivity index (χ0n) is 20.9. The van der Waals surface area contributed by atoms with Crippen molar-refractivity contribution < 1.29 is 4.42 Å². The molecule has 0 atom stereocenters. The topological polar surface area (TPSA) is 51.8 Å². The van der Waals surface area contributed by atoms with E-state index in [1.54, 1.807) is 0 Å². The van der Waals surface area contributed by atoms with Crippen LogP contribution in [0.3, 0.4) is 0 Å². The molecule has 0 spiro atoms. The van der Waals surface area contributed by atoms with Crippen molar-refractivity contribution in [1.82, 2.24) is 15.0 Å². The summed E-state index contributed by atoms with van der Waals surface area (Å²) in [5, 5.41) is 4.35. The van der Waals surface area contributed by atoms with Crippen LogP contribution in [0.5, 0.6) is 0 Å². The predicted molar refractivity (Wildman–Crippen MR) is 158 cm³/mol. The average Bonchev–Trinajstić information content (AvgIpc) is 3.38. The minimum Gasteiger partial charge on any atom is -0.456 e. The third-order valence-corrected chi connectivity index (χ3v) is 7.32. The molecule has 0 aliphatic heterocycles. The van der Waals surface area contributed by atoms with Crippen LogP contribution in [0, 0.1) is 0 Å². The summed E-state index contributed by atoms with van der Waals surface area (Å²) in [6, 6.07) is 41.4. The zero-order valence-corrected chi connectivity index (χ0v) is 20.9. The number of aromatic nitrogens is 3. The average molecular weight is 500 g/mol. The number of rotatable bonds is 3. The van der Waals surface area contributed by atoms with Gasteiger partial charge in [-0.2, -0.15) is 0 Å². The fourth-order valence-electron chi connectivity index (χ4n) is 5.45. The van der Waals surface area contributed by atoms with E-state index in [0.29, 0.717) is 5.82 Å². The molecule has 3 aromatic heterocycles. The van der Waals surface area contributed by atoms with Gasteiger partial charge in [-0.05, 0) is 47.5 Å². The molecule has 0 aliphatic rings. The Morgan fingerprint density at radius 1 is 0.513 bits per heavy atom. The molecular weight excluding hydrogens is 478 g/mol. The third-order valence-electron chi connectivity index (χ3n) is 7.32. The van der Waals surface area contributed by atoms with Crippen molar-refractivity contribution in [1.29, 1.82) is 0 Å².